The molecule has 1 aromatic rings. The van der Waals surface area contributed by atoms with E-state index in [2.05, 4.69) is 0 Å². The zero-order valence-electron chi connectivity index (χ0n) is 12.8. The van der Waals surface area contributed by atoms with Gasteiger partial charge in [0.2, 0.25) is 0 Å². The number of rotatable bonds is 3. The molecule has 1 aromatic heterocycles. The van der Waals surface area contributed by atoms with Crippen LogP contribution in [0.5, 0.6) is 0 Å². The van der Waals surface area contributed by atoms with Gasteiger partial charge in [0.15, 0.2) is 0 Å². The Morgan fingerprint density at radius 3 is 2.68 bits per heavy atom. The number of nitrogens with zero attached hydrogens (tertiary/aromatic N) is 1. The Morgan fingerprint density at radius 1 is 1.32 bits per heavy atom. The first-order valence-corrected chi connectivity index (χ1v) is 9.88. The first kappa shape index (κ1) is 16.0. The number of fused-ring (bicyclic) bond motifs is 1. The number of hydrogen-bond acceptors (Lipinski definition) is 5. The van der Waals surface area contributed by atoms with Crippen molar-refractivity contribution in [2.45, 2.75) is 55.3 Å². The third-order valence-corrected chi connectivity index (χ3v) is 8.15. The second kappa shape index (κ2) is 5.94. The summed E-state index contributed by atoms with van der Waals surface area (Å²) in [6.07, 6.45) is 4.54. The zero-order valence-corrected chi connectivity index (χ0v) is 14.5. The normalized spacial score (nSPS) is 29.3. The van der Waals surface area contributed by atoms with Crippen LogP contribution in [0.2, 0.25) is 0 Å². The minimum absolute atomic E-state index is 0.0646. The lowest BCUT2D eigenvalue weighted by molar-refractivity contribution is -0.144. The van der Waals surface area contributed by atoms with Gasteiger partial charge in [-0.1, -0.05) is 12.8 Å². The number of sulfonamides is 1. The van der Waals surface area contributed by atoms with Crippen molar-refractivity contribution in [1.82, 2.24) is 4.31 Å². The third-order valence-electron chi connectivity index (χ3n) is 4.75. The summed E-state index contributed by atoms with van der Waals surface area (Å²) in [6.45, 7) is 1.88. The first-order valence-electron chi connectivity index (χ1n) is 7.63. The summed E-state index contributed by atoms with van der Waals surface area (Å²) in [6, 6.07) is 2.70. The molecule has 0 aromatic carbocycles. The average molecular weight is 343 g/mol. The summed E-state index contributed by atoms with van der Waals surface area (Å²) >= 11 is 1.26. The summed E-state index contributed by atoms with van der Waals surface area (Å²) in [5, 5.41) is 0. The number of esters is 1. The number of ether oxygens (including phenoxy) is 1. The average Bonchev–Trinajstić information content (AvgIpc) is 3.10. The molecule has 0 bridgehead atoms. The SMILES string of the molecule is COC(=O)[C@@H]1C[C@H]2CCCC[C@H]2N1S(=O)(=O)c1ccc(C)s1. The second-order valence-electron chi connectivity index (χ2n) is 6.09. The highest BCUT2D eigenvalue weighted by molar-refractivity contribution is 7.91. The molecular weight excluding hydrogens is 322 g/mol. The van der Waals surface area contributed by atoms with Crippen LogP contribution in [0.3, 0.4) is 0 Å². The Bertz CT molecular complexity index is 667. The largest absolute Gasteiger partial charge is 0.468 e. The minimum atomic E-state index is -3.64. The van der Waals surface area contributed by atoms with Crippen molar-refractivity contribution in [2.75, 3.05) is 7.11 Å². The van der Waals surface area contributed by atoms with Crippen molar-refractivity contribution in [3.63, 3.8) is 0 Å². The van der Waals surface area contributed by atoms with E-state index < -0.39 is 22.0 Å². The molecule has 2 fully saturated rings. The smallest absolute Gasteiger partial charge is 0.324 e. The van der Waals surface area contributed by atoms with E-state index in [0.717, 1.165) is 30.6 Å². The standard InChI is InChI=1S/C15H21NO4S2/c1-10-7-8-14(21-10)22(18,19)16-12-6-4-3-5-11(12)9-13(16)15(17)20-2/h7-8,11-13H,3-6,9H2,1-2H3/t11-,12-,13+/m1/s1. The van der Waals surface area contributed by atoms with Gasteiger partial charge in [-0.25, -0.2) is 8.42 Å². The Morgan fingerprint density at radius 2 is 2.05 bits per heavy atom. The fourth-order valence-electron chi connectivity index (χ4n) is 3.76. The molecule has 3 rings (SSSR count). The van der Waals surface area contributed by atoms with Crippen LogP contribution in [0.4, 0.5) is 0 Å². The molecule has 3 atom stereocenters. The van der Waals surface area contributed by atoms with Gasteiger partial charge in [0.25, 0.3) is 10.0 Å². The number of methoxy groups -OCH3 is 1. The molecule has 122 valence electrons. The molecule has 0 N–H and O–H groups in total. The van der Waals surface area contributed by atoms with E-state index in [1.807, 2.05) is 6.92 Å². The Labute approximate surface area is 135 Å². The van der Waals surface area contributed by atoms with Crippen molar-refractivity contribution in [2.24, 2.45) is 5.92 Å². The summed E-state index contributed by atoms with van der Waals surface area (Å²) in [5.74, 6) is -0.167. The molecule has 1 saturated heterocycles. The van der Waals surface area contributed by atoms with Gasteiger partial charge >= 0.3 is 5.97 Å². The van der Waals surface area contributed by atoms with Crippen LogP contribution in [-0.4, -0.2) is 37.9 Å². The highest BCUT2D eigenvalue weighted by Gasteiger charge is 2.51. The number of aryl methyl sites for hydroxylation is 1. The molecule has 0 radical (unpaired) electrons. The van der Waals surface area contributed by atoms with Crippen LogP contribution < -0.4 is 0 Å². The topological polar surface area (TPSA) is 63.7 Å². The van der Waals surface area contributed by atoms with Crippen molar-refractivity contribution in [1.29, 1.82) is 0 Å². The lowest BCUT2D eigenvalue weighted by atomic mass is 9.85. The Balaban J connectivity index is 2.01. The van der Waals surface area contributed by atoms with Crippen LogP contribution in [0, 0.1) is 12.8 Å². The number of thiophene rings is 1. The third kappa shape index (κ3) is 2.59. The van der Waals surface area contributed by atoms with Crippen LogP contribution in [-0.2, 0) is 19.6 Å². The van der Waals surface area contributed by atoms with Crippen molar-refractivity contribution >= 4 is 27.3 Å². The van der Waals surface area contributed by atoms with E-state index in [0.29, 0.717) is 10.6 Å². The maximum atomic E-state index is 13.1. The molecule has 2 aliphatic rings. The van der Waals surface area contributed by atoms with Crippen molar-refractivity contribution in [3.8, 4) is 0 Å². The fourth-order valence-corrected chi connectivity index (χ4v) is 7.01. The summed E-state index contributed by atoms with van der Waals surface area (Å²) < 4.78 is 32.8. The molecule has 5 nitrogen and oxygen atoms in total. The first-order chi connectivity index (χ1) is 10.4. The maximum absolute atomic E-state index is 13.1. The van der Waals surface area contributed by atoms with E-state index in [1.54, 1.807) is 12.1 Å². The molecule has 22 heavy (non-hydrogen) atoms. The van der Waals surface area contributed by atoms with Gasteiger partial charge in [-0.15, -0.1) is 11.3 Å². The second-order valence-corrected chi connectivity index (χ2v) is 9.44. The van der Waals surface area contributed by atoms with Crippen LogP contribution in [0.1, 0.15) is 37.0 Å². The predicted octanol–water partition coefficient (Wildman–Crippen LogP) is 2.55. The van der Waals surface area contributed by atoms with E-state index in [9.17, 15) is 13.2 Å². The molecule has 0 unspecified atom stereocenters. The van der Waals surface area contributed by atoms with Gasteiger partial charge in [-0.2, -0.15) is 4.31 Å². The number of hydrogen-bond donors (Lipinski definition) is 0. The molecule has 1 aliphatic carbocycles. The maximum Gasteiger partial charge on any atom is 0.324 e. The van der Waals surface area contributed by atoms with Gasteiger partial charge in [0.1, 0.15) is 10.3 Å². The van der Waals surface area contributed by atoms with Crippen LogP contribution >= 0.6 is 11.3 Å². The molecule has 0 amide bonds. The zero-order chi connectivity index (χ0) is 15.9. The molecule has 1 aliphatic heterocycles. The summed E-state index contributed by atoms with van der Waals surface area (Å²) in [4.78, 5) is 13.1. The quantitative estimate of drug-likeness (QED) is 0.791. The monoisotopic (exact) mass is 343 g/mol. The lowest BCUT2D eigenvalue weighted by Crippen LogP contribution is -2.46. The van der Waals surface area contributed by atoms with Gasteiger partial charge in [-0.05, 0) is 44.2 Å². The summed E-state index contributed by atoms with van der Waals surface area (Å²) in [7, 11) is -2.32. The molecule has 1 saturated carbocycles. The predicted molar refractivity (Wildman–Crippen MR) is 84.2 cm³/mol. The van der Waals surface area contributed by atoms with Crippen LogP contribution in [0.15, 0.2) is 16.3 Å². The highest BCUT2D eigenvalue weighted by atomic mass is 32.2. The molecule has 7 heteroatoms. The van der Waals surface area contributed by atoms with E-state index >= 15 is 0 Å². The van der Waals surface area contributed by atoms with Crippen LogP contribution in [0.25, 0.3) is 0 Å². The fraction of sp³-hybridized carbons (Fsp3) is 0.667. The van der Waals surface area contributed by atoms with Crippen molar-refractivity contribution in [3.05, 3.63) is 17.0 Å². The van der Waals surface area contributed by atoms with Gasteiger partial charge in [0, 0.05) is 10.9 Å². The number of carbonyl (C=O) groups is 1. The molecular formula is C15H21NO4S2. The van der Waals surface area contributed by atoms with Gasteiger partial charge < -0.3 is 4.74 Å². The number of carbonyl (C=O) groups excluding carboxylic acids is 1. The minimum Gasteiger partial charge on any atom is -0.468 e. The molecule has 2 heterocycles. The van der Waals surface area contributed by atoms with E-state index in [1.165, 1.54) is 22.8 Å². The lowest BCUT2D eigenvalue weighted by Gasteiger charge is -2.31. The van der Waals surface area contributed by atoms with Gasteiger partial charge in [0.05, 0.1) is 7.11 Å². The molecule has 0 spiro atoms. The van der Waals surface area contributed by atoms with E-state index in [4.69, 9.17) is 4.74 Å². The Kier molecular flexibility index (Phi) is 4.31. The van der Waals surface area contributed by atoms with E-state index in [-0.39, 0.29) is 12.0 Å². The van der Waals surface area contributed by atoms with Crippen molar-refractivity contribution < 1.29 is 17.9 Å². The Hall–Kier alpha value is -0.920. The summed E-state index contributed by atoms with van der Waals surface area (Å²) in [5.41, 5.74) is 0. The highest BCUT2D eigenvalue weighted by Crippen LogP contribution is 2.43. The van der Waals surface area contributed by atoms with Gasteiger partial charge in [-0.3, -0.25) is 4.79 Å².